The zero-order chi connectivity index (χ0) is 15.0. The van der Waals surface area contributed by atoms with E-state index in [-0.39, 0.29) is 0 Å². The van der Waals surface area contributed by atoms with Gasteiger partial charge >= 0.3 is 11.8 Å². The van der Waals surface area contributed by atoms with E-state index in [1.807, 2.05) is 0 Å². The second-order valence-electron chi connectivity index (χ2n) is 4.61. The van der Waals surface area contributed by atoms with E-state index in [2.05, 4.69) is 4.74 Å². The maximum atomic E-state index is 14.0. The second kappa shape index (κ2) is 5.63. The molecule has 1 aliphatic heterocycles. The summed E-state index contributed by atoms with van der Waals surface area (Å²) in [5, 5.41) is 36.3. The molecule has 0 spiro atoms. The van der Waals surface area contributed by atoms with Gasteiger partial charge < -0.3 is 30.9 Å². The molecule has 0 saturated carbocycles. The van der Waals surface area contributed by atoms with Gasteiger partial charge in [-0.05, 0) is 0 Å². The molecule has 7 atom stereocenters. The third-order valence-corrected chi connectivity index (χ3v) is 3.34. The zero-order valence-corrected chi connectivity index (χ0v) is 10.1. The fourth-order valence-electron chi connectivity index (χ4n) is 1.98. The summed E-state index contributed by atoms with van der Waals surface area (Å²) in [5.74, 6) is -6.88. The van der Waals surface area contributed by atoms with Crippen LogP contribution in [0.2, 0.25) is 0 Å². The molecular weight excluding hydrogens is 268 g/mol. The van der Waals surface area contributed by atoms with Crippen molar-refractivity contribution in [1.29, 1.82) is 0 Å². The van der Waals surface area contributed by atoms with Crippen LogP contribution in [-0.2, 0) is 9.53 Å². The summed E-state index contributed by atoms with van der Waals surface area (Å²) in [6, 6.07) is -1.54. The van der Waals surface area contributed by atoms with Gasteiger partial charge in [0.25, 0.3) is 0 Å². The number of rotatable bonds is 4. The Labute approximate surface area is 107 Å². The van der Waals surface area contributed by atoms with Crippen molar-refractivity contribution in [2.24, 2.45) is 11.7 Å². The Bertz CT molecular complexity index is 342. The van der Waals surface area contributed by atoms with Gasteiger partial charge in [-0.15, -0.1) is 0 Å². The lowest BCUT2D eigenvalue weighted by atomic mass is 9.83. The number of carbonyl (C=O) groups is 1. The number of carboxylic acids is 1. The number of hydrogen-bond acceptors (Lipinski definition) is 6. The highest BCUT2D eigenvalue weighted by molar-refractivity contribution is 5.76. The van der Waals surface area contributed by atoms with E-state index in [1.165, 1.54) is 6.92 Å². The van der Waals surface area contributed by atoms with Crippen molar-refractivity contribution < 1.29 is 38.7 Å². The van der Waals surface area contributed by atoms with E-state index < -0.39 is 54.9 Å². The molecule has 0 bridgehead atoms. The lowest BCUT2D eigenvalue weighted by Crippen LogP contribution is -2.66. The standard InChI is InChI=1S/C10H17F2NO6/c1-3-5(13)8(11)10(12,9(17)18)19-7(3)6(16)4(15)2-14/h3-8,14-16H,2,13H2,1H3,(H,17,18)/t3-,4-,5+,6-,7?,8?,10-/m1/s1. The molecule has 19 heavy (non-hydrogen) atoms. The number of alkyl halides is 2. The summed E-state index contributed by atoms with van der Waals surface area (Å²) in [4.78, 5) is 10.8. The molecule has 7 nitrogen and oxygen atoms in total. The zero-order valence-electron chi connectivity index (χ0n) is 10.1. The maximum Gasteiger partial charge on any atom is 0.372 e. The van der Waals surface area contributed by atoms with E-state index in [0.717, 1.165) is 0 Å². The van der Waals surface area contributed by atoms with Crippen LogP contribution < -0.4 is 5.73 Å². The van der Waals surface area contributed by atoms with Gasteiger partial charge in [-0.25, -0.2) is 9.18 Å². The highest BCUT2D eigenvalue weighted by Gasteiger charge is 2.60. The van der Waals surface area contributed by atoms with Crippen LogP contribution in [0.4, 0.5) is 8.78 Å². The predicted octanol–water partition coefficient (Wildman–Crippen LogP) is -1.85. The molecule has 1 rings (SSSR count). The fraction of sp³-hybridized carbons (Fsp3) is 0.900. The van der Waals surface area contributed by atoms with Gasteiger partial charge in [0.05, 0.1) is 12.7 Å². The topological polar surface area (TPSA) is 133 Å². The number of aliphatic hydroxyl groups excluding tert-OH is 3. The summed E-state index contributed by atoms with van der Waals surface area (Å²) in [5.41, 5.74) is 5.39. The Hall–Kier alpha value is -0.870. The minimum absolute atomic E-state index is 0.853. The molecule has 0 aromatic heterocycles. The van der Waals surface area contributed by atoms with Crippen LogP contribution in [0.3, 0.4) is 0 Å². The molecule has 0 aliphatic carbocycles. The Morgan fingerprint density at radius 1 is 1.53 bits per heavy atom. The first-order chi connectivity index (χ1) is 8.66. The first kappa shape index (κ1) is 16.2. The number of aliphatic hydroxyl groups is 3. The maximum absolute atomic E-state index is 14.0. The minimum Gasteiger partial charge on any atom is -0.477 e. The second-order valence-corrected chi connectivity index (χ2v) is 4.61. The summed E-state index contributed by atoms with van der Waals surface area (Å²) in [6.45, 7) is 0.463. The molecule has 0 amide bonds. The Morgan fingerprint density at radius 2 is 2.05 bits per heavy atom. The van der Waals surface area contributed by atoms with Crippen LogP contribution >= 0.6 is 0 Å². The summed E-state index contributed by atoms with van der Waals surface area (Å²) in [6.07, 6.45) is -7.66. The van der Waals surface area contributed by atoms with Gasteiger partial charge in [-0.3, -0.25) is 0 Å². The van der Waals surface area contributed by atoms with Crippen molar-refractivity contribution in [3.8, 4) is 0 Å². The molecule has 0 aromatic rings. The fourth-order valence-corrected chi connectivity index (χ4v) is 1.98. The van der Waals surface area contributed by atoms with Gasteiger partial charge in [-0.1, -0.05) is 6.92 Å². The summed E-state index contributed by atoms with van der Waals surface area (Å²) < 4.78 is 32.1. The average Bonchev–Trinajstić information content (AvgIpc) is 2.38. The summed E-state index contributed by atoms with van der Waals surface area (Å²) in [7, 11) is 0. The van der Waals surface area contributed by atoms with Crippen LogP contribution in [0.25, 0.3) is 0 Å². The predicted molar refractivity (Wildman–Crippen MR) is 57.5 cm³/mol. The Balaban J connectivity index is 3.04. The molecule has 1 aliphatic rings. The monoisotopic (exact) mass is 285 g/mol. The highest BCUT2D eigenvalue weighted by atomic mass is 19.2. The lowest BCUT2D eigenvalue weighted by molar-refractivity contribution is -0.282. The highest BCUT2D eigenvalue weighted by Crippen LogP contribution is 2.37. The average molecular weight is 285 g/mol. The third-order valence-electron chi connectivity index (χ3n) is 3.34. The molecule has 112 valence electrons. The number of nitrogens with two attached hydrogens (primary N) is 1. The quantitative estimate of drug-likeness (QED) is 0.409. The molecule has 9 heteroatoms. The van der Waals surface area contributed by atoms with Crippen molar-refractivity contribution in [1.82, 2.24) is 0 Å². The van der Waals surface area contributed by atoms with E-state index in [0.29, 0.717) is 0 Å². The molecule has 6 N–H and O–H groups in total. The normalized spacial score (nSPS) is 42.7. The lowest BCUT2D eigenvalue weighted by Gasteiger charge is -2.44. The molecule has 0 aromatic carbocycles. The van der Waals surface area contributed by atoms with Crippen molar-refractivity contribution >= 4 is 5.97 Å². The van der Waals surface area contributed by atoms with E-state index in [4.69, 9.17) is 15.9 Å². The smallest absolute Gasteiger partial charge is 0.372 e. The molecule has 2 unspecified atom stereocenters. The van der Waals surface area contributed by atoms with E-state index >= 15 is 0 Å². The van der Waals surface area contributed by atoms with Gasteiger partial charge in [0.2, 0.25) is 0 Å². The van der Waals surface area contributed by atoms with Crippen LogP contribution in [-0.4, -0.2) is 69.4 Å². The molecular formula is C10H17F2NO6. The Kier molecular flexibility index (Phi) is 4.80. The molecule has 1 saturated heterocycles. The van der Waals surface area contributed by atoms with Crippen molar-refractivity contribution in [3.05, 3.63) is 0 Å². The van der Waals surface area contributed by atoms with E-state index in [1.54, 1.807) is 0 Å². The van der Waals surface area contributed by atoms with Gasteiger partial charge in [0.1, 0.15) is 12.2 Å². The van der Waals surface area contributed by atoms with Crippen molar-refractivity contribution in [3.63, 3.8) is 0 Å². The molecule has 1 heterocycles. The van der Waals surface area contributed by atoms with Crippen LogP contribution in [0.15, 0.2) is 0 Å². The van der Waals surface area contributed by atoms with Crippen LogP contribution in [0.1, 0.15) is 6.92 Å². The largest absolute Gasteiger partial charge is 0.477 e. The number of hydrogen-bond donors (Lipinski definition) is 5. The first-order valence-corrected chi connectivity index (χ1v) is 5.63. The third kappa shape index (κ3) is 2.70. The molecule has 0 radical (unpaired) electrons. The first-order valence-electron chi connectivity index (χ1n) is 5.63. The van der Waals surface area contributed by atoms with E-state index in [9.17, 15) is 23.8 Å². The van der Waals surface area contributed by atoms with Crippen LogP contribution in [0, 0.1) is 5.92 Å². The van der Waals surface area contributed by atoms with Gasteiger partial charge in [0, 0.05) is 12.0 Å². The van der Waals surface area contributed by atoms with Gasteiger partial charge in [-0.2, -0.15) is 4.39 Å². The summed E-state index contributed by atoms with van der Waals surface area (Å²) >= 11 is 0. The number of aliphatic carboxylic acids is 1. The molecule has 1 fully saturated rings. The SMILES string of the molecule is C[C@H]1C([C@H](O)[C@H](O)CO)O[C@@](F)(C(=O)O)C(F)[C@H]1N. The van der Waals surface area contributed by atoms with Gasteiger partial charge in [0.15, 0.2) is 6.17 Å². The van der Waals surface area contributed by atoms with Crippen molar-refractivity contribution in [2.75, 3.05) is 6.61 Å². The minimum atomic E-state index is -3.70. The number of ether oxygens (including phenoxy) is 1. The Morgan fingerprint density at radius 3 is 2.47 bits per heavy atom. The van der Waals surface area contributed by atoms with Crippen LogP contribution in [0.5, 0.6) is 0 Å². The number of halogens is 2. The van der Waals surface area contributed by atoms with Crippen molar-refractivity contribution in [2.45, 2.75) is 43.3 Å². The number of carboxylic acid groups (broad SMARTS) is 1.